The summed E-state index contributed by atoms with van der Waals surface area (Å²) in [6.07, 6.45) is 2.63. The molecule has 18 heavy (non-hydrogen) atoms. The molecule has 6 heteroatoms. The quantitative estimate of drug-likeness (QED) is 0.837. The maximum atomic E-state index is 5.17. The van der Waals surface area contributed by atoms with Crippen LogP contribution in [0, 0.1) is 0 Å². The number of aromatic nitrogens is 2. The molecule has 5 nitrogen and oxygen atoms in total. The SMILES string of the molecule is CCC(C)N(CCOC)c1ncnc(NC)c1Br. The first-order valence-corrected chi connectivity index (χ1v) is 6.88. The van der Waals surface area contributed by atoms with Crippen LogP contribution in [0.3, 0.4) is 0 Å². The Morgan fingerprint density at radius 3 is 2.78 bits per heavy atom. The molecule has 0 amide bonds. The van der Waals surface area contributed by atoms with E-state index in [1.165, 1.54) is 0 Å². The van der Waals surface area contributed by atoms with Crippen molar-refractivity contribution < 1.29 is 4.74 Å². The molecule has 0 fully saturated rings. The molecule has 0 aliphatic rings. The number of ether oxygens (including phenoxy) is 1. The molecule has 1 atom stereocenters. The van der Waals surface area contributed by atoms with Crippen molar-refractivity contribution in [3.05, 3.63) is 10.8 Å². The minimum absolute atomic E-state index is 0.399. The molecular weight excluding hydrogens is 296 g/mol. The number of halogens is 1. The number of anilines is 2. The second-order valence-electron chi connectivity index (χ2n) is 4.05. The van der Waals surface area contributed by atoms with Crippen molar-refractivity contribution in [1.29, 1.82) is 0 Å². The minimum Gasteiger partial charge on any atom is -0.383 e. The Labute approximate surface area is 117 Å². The van der Waals surface area contributed by atoms with Crippen LogP contribution in [-0.4, -0.2) is 43.3 Å². The summed E-state index contributed by atoms with van der Waals surface area (Å²) in [6.45, 7) is 5.84. The van der Waals surface area contributed by atoms with E-state index in [1.54, 1.807) is 13.4 Å². The molecular formula is C12H21BrN4O. The third-order valence-electron chi connectivity index (χ3n) is 2.94. The molecule has 1 rings (SSSR count). The van der Waals surface area contributed by atoms with Crippen LogP contribution < -0.4 is 10.2 Å². The van der Waals surface area contributed by atoms with Crippen molar-refractivity contribution >= 4 is 27.6 Å². The fourth-order valence-electron chi connectivity index (χ4n) is 1.68. The number of rotatable bonds is 7. The second kappa shape index (κ2) is 7.53. The van der Waals surface area contributed by atoms with Crippen molar-refractivity contribution in [3.8, 4) is 0 Å². The van der Waals surface area contributed by atoms with Crippen LogP contribution in [-0.2, 0) is 4.74 Å². The van der Waals surface area contributed by atoms with Crippen molar-refractivity contribution in [3.63, 3.8) is 0 Å². The fraction of sp³-hybridized carbons (Fsp3) is 0.667. The number of hydrogen-bond donors (Lipinski definition) is 1. The third kappa shape index (κ3) is 3.55. The predicted molar refractivity (Wildman–Crippen MR) is 78.3 cm³/mol. The van der Waals surface area contributed by atoms with Gasteiger partial charge < -0.3 is 15.0 Å². The Morgan fingerprint density at radius 2 is 2.22 bits per heavy atom. The van der Waals surface area contributed by atoms with Gasteiger partial charge in [0, 0.05) is 26.7 Å². The first-order chi connectivity index (χ1) is 8.65. The van der Waals surface area contributed by atoms with Crippen LogP contribution in [0.2, 0.25) is 0 Å². The van der Waals surface area contributed by atoms with Gasteiger partial charge in [0.05, 0.1) is 6.61 Å². The maximum Gasteiger partial charge on any atom is 0.148 e. The Morgan fingerprint density at radius 1 is 1.50 bits per heavy atom. The van der Waals surface area contributed by atoms with Crippen molar-refractivity contribution in [1.82, 2.24) is 9.97 Å². The van der Waals surface area contributed by atoms with Crippen LogP contribution in [0.1, 0.15) is 20.3 Å². The normalized spacial score (nSPS) is 12.3. The van der Waals surface area contributed by atoms with Gasteiger partial charge in [-0.3, -0.25) is 0 Å². The van der Waals surface area contributed by atoms with Crippen LogP contribution in [0.15, 0.2) is 10.8 Å². The Bertz CT molecular complexity index is 375. The van der Waals surface area contributed by atoms with Gasteiger partial charge in [-0.05, 0) is 29.3 Å². The maximum absolute atomic E-state index is 5.17. The number of hydrogen-bond acceptors (Lipinski definition) is 5. The van der Waals surface area contributed by atoms with Gasteiger partial charge in [-0.25, -0.2) is 9.97 Å². The van der Waals surface area contributed by atoms with Gasteiger partial charge >= 0.3 is 0 Å². The molecule has 0 saturated carbocycles. The summed E-state index contributed by atoms with van der Waals surface area (Å²) in [7, 11) is 3.56. The van der Waals surface area contributed by atoms with Crippen LogP contribution >= 0.6 is 15.9 Å². The highest BCUT2D eigenvalue weighted by Crippen LogP contribution is 2.30. The zero-order valence-corrected chi connectivity index (χ0v) is 13.0. The average molecular weight is 317 g/mol. The molecule has 0 radical (unpaired) electrons. The molecule has 0 aliphatic carbocycles. The molecule has 1 aromatic heterocycles. The van der Waals surface area contributed by atoms with Gasteiger partial charge in [0.25, 0.3) is 0 Å². The van der Waals surface area contributed by atoms with E-state index in [2.05, 4.69) is 50.0 Å². The largest absolute Gasteiger partial charge is 0.383 e. The second-order valence-corrected chi connectivity index (χ2v) is 4.85. The molecule has 1 N–H and O–H groups in total. The molecule has 1 heterocycles. The smallest absolute Gasteiger partial charge is 0.148 e. The van der Waals surface area contributed by atoms with Gasteiger partial charge in [-0.2, -0.15) is 0 Å². The summed E-state index contributed by atoms with van der Waals surface area (Å²) in [5.41, 5.74) is 0. The monoisotopic (exact) mass is 316 g/mol. The molecule has 0 aliphatic heterocycles. The standard InChI is InChI=1S/C12H21BrN4O/c1-5-9(2)17(6-7-18-4)12-10(13)11(14-3)15-8-16-12/h8-9H,5-7H2,1-4H3,(H,14,15,16). The molecule has 1 aromatic rings. The van der Waals surface area contributed by atoms with Crippen LogP contribution in [0.4, 0.5) is 11.6 Å². The van der Waals surface area contributed by atoms with Crippen molar-refractivity contribution in [2.24, 2.45) is 0 Å². The van der Waals surface area contributed by atoms with Crippen LogP contribution in [0.5, 0.6) is 0 Å². The Balaban J connectivity index is 3.04. The number of nitrogens with zero attached hydrogens (tertiary/aromatic N) is 3. The summed E-state index contributed by atoms with van der Waals surface area (Å²) < 4.78 is 6.06. The topological polar surface area (TPSA) is 50.3 Å². The summed E-state index contributed by atoms with van der Waals surface area (Å²) in [4.78, 5) is 10.8. The van der Waals surface area contributed by atoms with E-state index in [0.29, 0.717) is 12.6 Å². The van der Waals surface area contributed by atoms with Gasteiger partial charge in [0.1, 0.15) is 22.4 Å². The zero-order chi connectivity index (χ0) is 13.5. The lowest BCUT2D eigenvalue weighted by molar-refractivity contribution is 0.203. The molecule has 0 bridgehead atoms. The van der Waals surface area contributed by atoms with E-state index in [4.69, 9.17) is 4.74 Å². The number of methoxy groups -OCH3 is 1. The molecule has 0 aromatic carbocycles. The predicted octanol–water partition coefficient (Wildman–Crippen LogP) is 2.53. The van der Waals surface area contributed by atoms with E-state index in [1.807, 2.05) is 7.05 Å². The lowest BCUT2D eigenvalue weighted by Crippen LogP contribution is -2.36. The van der Waals surface area contributed by atoms with Gasteiger partial charge in [-0.1, -0.05) is 6.92 Å². The van der Waals surface area contributed by atoms with E-state index in [-0.39, 0.29) is 0 Å². The molecule has 1 unspecified atom stereocenters. The summed E-state index contributed by atoms with van der Waals surface area (Å²) in [5.74, 6) is 1.70. The lowest BCUT2D eigenvalue weighted by Gasteiger charge is -2.30. The van der Waals surface area contributed by atoms with Gasteiger partial charge in [-0.15, -0.1) is 0 Å². The molecule has 0 saturated heterocycles. The summed E-state index contributed by atoms with van der Waals surface area (Å²) in [6, 6.07) is 0.399. The highest BCUT2D eigenvalue weighted by molar-refractivity contribution is 9.10. The Hall–Kier alpha value is -0.880. The number of nitrogens with one attached hydrogen (secondary N) is 1. The molecule has 0 spiro atoms. The Kier molecular flexibility index (Phi) is 6.35. The van der Waals surface area contributed by atoms with Gasteiger partial charge in [0.15, 0.2) is 0 Å². The van der Waals surface area contributed by atoms with E-state index in [9.17, 15) is 0 Å². The van der Waals surface area contributed by atoms with Crippen molar-refractivity contribution in [2.45, 2.75) is 26.3 Å². The van der Waals surface area contributed by atoms with E-state index in [0.717, 1.165) is 29.1 Å². The first kappa shape index (κ1) is 15.2. The highest BCUT2D eigenvalue weighted by Gasteiger charge is 2.18. The first-order valence-electron chi connectivity index (χ1n) is 6.09. The minimum atomic E-state index is 0.399. The van der Waals surface area contributed by atoms with E-state index < -0.39 is 0 Å². The average Bonchev–Trinajstić information content (AvgIpc) is 2.40. The van der Waals surface area contributed by atoms with Crippen LogP contribution in [0.25, 0.3) is 0 Å². The molecule has 102 valence electrons. The fourth-order valence-corrected chi connectivity index (χ4v) is 2.31. The zero-order valence-electron chi connectivity index (χ0n) is 11.4. The van der Waals surface area contributed by atoms with Gasteiger partial charge in [0.2, 0.25) is 0 Å². The summed E-state index contributed by atoms with van der Waals surface area (Å²) in [5, 5.41) is 3.05. The van der Waals surface area contributed by atoms with E-state index >= 15 is 0 Å². The van der Waals surface area contributed by atoms with Crippen molar-refractivity contribution in [2.75, 3.05) is 37.5 Å². The highest BCUT2D eigenvalue weighted by atomic mass is 79.9. The lowest BCUT2D eigenvalue weighted by atomic mass is 10.2. The summed E-state index contributed by atoms with van der Waals surface area (Å²) >= 11 is 3.56. The third-order valence-corrected chi connectivity index (χ3v) is 3.67.